The monoisotopic (exact) mass is 238 g/mol. The molecule has 0 radical (unpaired) electrons. The Bertz CT molecular complexity index is 239. The number of nitriles is 1. The lowest BCUT2D eigenvalue weighted by Gasteiger charge is -2.22. The Morgan fingerprint density at radius 2 is 2.18 bits per heavy atom. The van der Waals surface area contributed by atoms with Gasteiger partial charge in [-0.3, -0.25) is 0 Å². The fraction of sp³-hybridized carbons (Fsp3) is 0.929. The number of rotatable bonds is 7. The van der Waals surface area contributed by atoms with Crippen LogP contribution in [0.15, 0.2) is 0 Å². The smallest absolute Gasteiger partial charge is 0.0699 e. The van der Waals surface area contributed by atoms with Crippen LogP contribution < -0.4 is 5.32 Å². The van der Waals surface area contributed by atoms with E-state index in [1.54, 1.807) is 0 Å². The third-order valence-electron chi connectivity index (χ3n) is 3.35. The summed E-state index contributed by atoms with van der Waals surface area (Å²) >= 11 is 0. The van der Waals surface area contributed by atoms with Crippen LogP contribution in [0.2, 0.25) is 0 Å². The Morgan fingerprint density at radius 3 is 2.82 bits per heavy atom. The van der Waals surface area contributed by atoms with Gasteiger partial charge in [0.2, 0.25) is 0 Å². The topological polar surface area (TPSA) is 45.0 Å². The Hall–Kier alpha value is -0.590. The molecule has 0 bridgehead atoms. The molecule has 0 aliphatic carbocycles. The van der Waals surface area contributed by atoms with Crippen LogP contribution in [0.5, 0.6) is 0 Å². The minimum atomic E-state index is -0.160. The van der Waals surface area contributed by atoms with Gasteiger partial charge in [-0.15, -0.1) is 0 Å². The minimum Gasteiger partial charge on any atom is -0.377 e. The second-order valence-corrected chi connectivity index (χ2v) is 5.65. The molecule has 0 amide bonds. The lowest BCUT2D eigenvalue weighted by molar-refractivity contribution is 0.0170. The van der Waals surface area contributed by atoms with E-state index in [0.29, 0.717) is 6.10 Å². The number of nitrogens with zero attached hydrogens (tertiary/aromatic N) is 1. The highest BCUT2D eigenvalue weighted by Crippen LogP contribution is 2.21. The van der Waals surface area contributed by atoms with Gasteiger partial charge in [0.05, 0.1) is 17.6 Å². The molecule has 1 aliphatic heterocycles. The van der Waals surface area contributed by atoms with Crippen LogP contribution >= 0.6 is 0 Å². The van der Waals surface area contributed by atoms with Crippen molar-refractivity contribution >= 4 is 0 Å². The fourth-order valence-electron chi connectivity index (χ4n) is 2.10. The highest BCUT2D eigenvalue weighted by Gasteiger charge is 2.15. The number of unbranched alkanes of at least 4 members (excludes halogenated alkanes) is 1. The zero-order chi connectivity index (χ0) is 12.6. The molecular weight excluding hydrogens is 212 g/mol. The van der Waals surface area contributed by atoms with Crippen molar-refractivity contribution < 1.29 is 4.74 Å². The number of hydrogen-bond donors (Lipinski definition) is 1. The minimum absolute atomic E-state index is 0.160. The number of nitrogens with one attached hydrogen (secondary N) is 1. The van der Waals surface area contributed by atoms with Crippen LogP contribution in [0.3, 0.4) is 0 Å². The van der Waals surface area contributed by atoms with Gasteiger partial charge >= 0.3 is 0 Å². The van der Waals surface area contributed by atoms with Crippen molar-refractivity contribution in [3.63, 3.8) is 0 Å². The average Bonchev–Trinajstić information content (AvgIpc) is 2.35. The van der Waals surface area contributed by atoms with Crippen molar-refractivity contribution in [2.24, 2.45) is 5.41 Å². The number of hydrogen-bond acceptors (Lipinski definition) is 3. The SMILES string of the molecule is CC(C)(C#N)CCCCNCC1CCCCO1. The van der Waals surface area contributed by atoms with E-state index in [1.165, 1.54) is 19.3 Å². The van der Waals surface area contributed by atoms with E-state index < -0.39 is 0 Å². The Kier molecular flexibility index (Phi) is 6.54. The van der Waals surface area contributed by atoms with E-state index in [9.17, 15) is 0 Å². The molecule has 98 valence electrons. The van der Waals surface area contributed by atoms with Crippen LogP contribution in [0.4, 0.5) is 0 Å². The molecule has 1 atom stereocenters. The zero-order valence-electron chi connectivity index (χ0n) is 11.3. The molecule has 1 N–H and O–H groups in total. The molecule has 1 rings (SSSR count). The van der Waals surface area contributed by atoms with Gasteiger partial charge in [-0.25, -0.2) is 0 Å². The first-order valence-corrected chi connectivity index (χ1v) is 6.88. The molecule has 3 nitrogen and oxygen atoms in total. The quantitative estimate of drug-likeness (QED) is 0.694. The molecule has 3 heteroatoms. The summed E-state index contributed by atoms with van der Waals surface area (Å²) in [4.78, 5) is 0. The summed E-state index contributed by atoms with van der Waals surface area (Å²) in [5.74, 6) is 0. The van der Waals surface area contributed by atoms with Gasteiger partial charge in [0.15, 0.2) is 0 Å². The van der Waals surface area contributed by atoms with E-state index in [1.807, 2.05) is 13.8 Å². The first kappa shape index (κ1) is 14.5. The second-order valence-electron chi connectivity index (χ2n) is 5.65. The van der Waals surface area contributed by atoms with Crippen LogP contribution in [0, 0.1) is 16.7 Å². The van der Waals surface area contributed by atoms with Crippen molar-refractivity contribution in [2.45, 2.75) is 58.5 Å². The second kappa shape index (κ2) is 7.68. The summed E-state index contributed by atoms with van der Waals surface area (Å²) < 4.78 is 5.65. The molecular formula is C14H26N2O. The van der Waals surface area contributed by atoms with Crippen LogP contribution in [0.25, 0.3) is 0 Å². The fourth-order valence-corrected chi connectivity index (χ4v) is 2.10. The van der Waals surface area contributed by atoms with E-state index >= 15 is 0 Å². The normalized spacial score (nSPS) is 21.1. The largest absolute Gasteiger partial charge is 0.377 e. The molecule has 17 heavy (non-hydrogen) atoms. The number of ether oxygens (including phenoxy) is 1. The van der Waals surface area contributed by atoms with Crippen molar-refractivity contribution in [2.75, 3.05) is 19.7 Å². The van der Waals surface area contributed by atoms with Gasteiger partial charge in [-0.05, 0) is 52.5 Å². The highest BCUT2D eigenvalue weighted by molar-refractivity contribution is 4.91. The van der Waals surface area contributed by atoms with Crippen LogP contribution in [-0.2, 0) is 4.74 Å². The predicted molar refractivity (Wildman–Crippen MR) is 69.7 cm³/mol. The van der Waals surface area contributed by atoms with E-state index in [2.05, 4.69) is 11.4 Å². The van der Waals surface area contributed by atoms with Gasteiger partial charge in [0.25, 0.3) is 0 Å². The molecule has 1 saturated heterocycles. The summed E-state index contributed by atoms with van der Waals surface area (Å²) in [6.07, 6.45) is 7.43. The van der Waals surface area contributed by atoms with Gasteiger partial charge in [-0.2, -0.15) is 5.26 Å². The maximum Gasteiger partial charge on any atom is 0.0699 e. The van der Waals surface area contributed by atoms with Crippen molar-refractivity contribution in [1.29, 1.82) is 5.26 Å². The molecule has 0 saturated carbocycles. The Labute approximate surface area is 106 Å². The lowest BCUT2D eigenvalue weighted by atomic mass is 9.89. The zero-order valence-corrected chi connectivity index (χ0v) is 11.3. The van der Waals surface area contributed by atoms with Crippen molar-refractivity contribution in [1.82, 2.24) is 5.32 Å². The van der Waals surface area contributed by atoms with Crippen molar-refractivity contribution in [3.05, 3.63) is 0 Å². The van der Waals surface area contributed by atoms with Gasteiger partial charge < -0.3 is 10.1 Å². The summed E-state index contributed by atoms with van der Waals surface area (Å²) in [6, 6.07) is 2.34. The van der Waals surface area contributed by atoms with E-state index in [0.717, 1.165) is 39.0 Å². The maximum absolute atomic E-state index is 8.88. The van der Waals surface area contributed by atoms with Gasteiger partial charge in [0, 0.05) is 13.2 Å². The maximum atomic E-state index is 8.88. The molecule has 0 aromatic carbocycles. The highest BCUT2D eigenvalue weighted by atomic mass is 16.5. The standard InChI is InChI=1S/C14H26N2O/c1-14(2,12-15)8-4-5-9-16-11-13-7-3-6-10-17-13/h13,16H,3-11H2,1-2H3. The van der Waals surface area contributed by atoms with Crippen LogP contribution in [0.1, 0.15) is 52.4 Å². The Balaban J connectivity index is 1.92. The predicted octanol–water partition coefficient (Wildman–Crippen LogP) is 2.87. The third kappa shape index (κ3) is 6.65. The summed E-state index contributed by atoms with van der Waals surface area (Å²) in [5, 5.41) is 12.3. The van der Waals surface area contributed by atoms with E-state index in [4.69, 9.17) is 10.00 Å². The average molecular weight is 238 g/mol. The van der Waals surface area contributed by atoms with Gasteiger partial charge in [-0.1, -0.05) is 6.42 Å². The molecule has 1 aliphatic rings. The van der Waals surface area contributed by atoms with Crippen LogP contribution in [-0.4, -0.2) is 25.8 Å². The molecule has 0 spiro atoms. The summed E-state index contributed by atoms with van der Waals surface area (Å²) in [6.45, 7) is 6.98. The van der Waals surface area contributed by atoms with Crippen molar-refractivity contribution in [3.8, 4) is 6.07 Å². The first-order chi connectivity index (χ1) is 8.14. The first-order valence-electron chi connectivity index (χ1n) is 6.88. The summed E-state index contributed by atoms with van der Waals surface area (Å²) in [5.41, 5.74) is -0.160. The molecule has 1 heterocycles. The molecule has 1 unspecified atom stereocenters. The lowest BCUT2D eigenvalue weighted by Crippen LogP contribution is -2.32. The molecule has 1 fully saturated rings. The Morgan fingerprint density at radius 1 is 1.35 bits per heavy atom. The molecule has 0 aromatic heterocycles. The molecule has 0 aromatic rings. The van der Waals surface area contributed by atoms with Gasteiger partial charge in [0.1, 0.15) is 0 Å². The van der Waals surface area contributed by atoms with E-state index in [-0.39, 0.29) is 5.41 Å². The summed E-state index contributed by atoms with van der Waals surface area (Å²) in [7, 11) is 0. The third-order valence-corrected chi connectivity index (χ3v) is 3.35.